The SMILES string of the molecule is Cc1ccc(Nc2snc(C)c2C(=O)O)c(Br)c1. The molecule has 0 saturated carbocycles. The number of aromatic carboxylic acids is 1. The third kappa shape index (κ3) is 2.54. The number of halogens is 1. The Morgan fingerprint density at radius 1 is 1.44 bits per heavy atom. The van der Waals surface area contributed by atoms with E-state index in [9.17, 15) is 4.79 Å². The highest BCUT2D eigenvalue weighted by Gasteiger charge is 2.18. The van der Waals surface area contributed by atoms with Crippen LogP contribution in [0.1, 0.15) is 21.6 Å². The van der Waals surface area contributed by atoms with Crippen molar-refractivity contribution in [2.45, 2.75) is 13.8 Å². The average Bonchev–Trinajstić information content (AvgIpc) is 2.64. The number of carbonyl (C=O) groups is 1. The van der Waals surface area contributed by atoms with Crippen LogP contribution in [0, 0.1) is 13.8 Å². The summed E-state index contributed by atoms with van der Waals surface area (Å²) < 4.78 is 4.96. The molecule has 0 spiro atoms. The molecule has 2 N–H and O–H groups in total. The zero-order chi connectivity index (χ0) is 13.3. The standard InChI is InChI=1S/C12H11BrN2O2S/c1-6-3-4-9(8(13)5-6)14-11-10(12(16)17)7(2)15-18-11/h3-5,14H,1-2H3,(H,16,17). The van der Waals surface area contributed by atoms with Crippen molar-refractivity contribution in [2.75, 3.05) is 5.32 Å². The minimum atomic E-state index is -0.966. The molecular weight excluding hydrogens is 316 g/mol. The smallest absolute Gasteiger partial charge is 0.340 e. The van der Waals surface area contributed by atoms with Gasteiger partial charge >= 0.3 is 5.97 Å². The van der Waals surface area contributed by atoms with E-state index in [1.54, 1.807) is 6.92 Å². The van der Waals surface area contributed by atoms with Gasteiger partial charge in [-0.05, 0) is 59.0 Å². The van der Waals surface area contributed by atoms with Gasteiger partial charge in [-0.3, -0.25) is 0 Å². The van der Waals surface area contributed by atoms with Crippen LogP contribution in [0.15, 0.2) is 22.7 Å². The number of benzene rings is 1. The normalized spacial score (nSPS) is 10.4. The van der Waals surface area contributed by atoms with E-state index in [0.29, 0.717) is 10.7 Å². The van der Waals surface area contributed by atoms with E-state index in [1.807, 2.05) is 25.1 Å². The van der Waals surface area contributed by atoms with E-state index >= 15 is 0 Å². The molecule has 2 aromatic rings. The molecule has 1 aromatic heterocycles. The van der Waals surface area contributed by atoms with Crippen LogP contribution in [-0.2, 0) is 0 Å². The maximum Gasteiger partial charge on any atom is 0.340 e. The molecule has 1 heterocycles. The number of rotatable bonds is 3. The van der Waals surface area contributed by atoms with Crippen molar-refractivity contribution in [3.8, 4) is 0 Å². The molecule has 0 aliphatic heterocycles. The lowest BCUT2D eigenvalue weighted by atomic mass is 10.2. The number of aryl methyl sites for hydroxylation is 2. The van der Waals surface area contributed by atoms with E-state index in [-0.39, 0.29) is 5.56 Å². The molecule has 4 nitrogen and oxygen atoms in total. The molecule has 0 amide bonds. The van der Waals surface area contributed by atoms with Gasteiger partial charge < -0.3 is 10.4 Å². The number of nitrogens with one attached hydrogen (secondary N) is 1. The molecule has 0 unspecified atom stereocenters. The molecule has 6 heteroatoms. The summed E-state index contributed by atoms with van der Waals surface area (Å²) in [5.74, 6) is -0.966. The number of hydrogen-bond acceptors (Lipinski definition) is 4. The van der Waals surface area contributed by atoms with Crippen molar-refractivity contribution in [2.24, 2.45) is 0 Å². The van der Waals surface area contributed by atoms with Crippen LogP contribution in [0.4, 0.5) is 10.7 Å². The fraction of sp³-hybridized carbons (Fsp3) is 0.167. The van der Waals surface area contributed by atoms with Crippen LogP contribution >= 0.6 is 27.5 Å². The van der Waals surface area contributed by atoms with E-state index in [0.717, 1.165) is 27.3 Å². The highest BCUT2D eigenvalue weighted by atomic mass is 79.9. The highest BCUT2D eigenvalue weighted by Crippen LogP contribution is 2.32. The highest BCUT2D eigenvalue weighted by molar-refractivity contribution is 9.10. The van der Waals surface area contributed by atoms with Gasteiger partial charge in [0.2, 0.25) is 0 Å². The Hall–Kier alpha value is -1.40. The quantitative estimate of drug-likeness (QED) is 0.896. The fourth-order valence-electron chi connectivity index (χ4n) is 1.55. The zero-order valence-electron chi connectivity index (χ0n) is 9.82. The second kappa shape index (κ2) is 5.07. The van der Waals surface area contributed by atoms with Gasteiger partial charge in [0.25, 0.3) is 0 Å². The Balaban J connectivity index is 2.37. The maximum absolute atomic E-state index is 11.1. The van der Waals surface area contributed by atoms with Gasteiger partial charge in [-0.1, -0.05) is 6.07 Å². The van der Waals surface area contributed by atoms with Crippen LogP contribution in [-0.4, -0.2) is 15.4 Å². The molecule has 0 aliphatic rings. The van der Waals surface area contributed by atoms with Gasteiger partial charge in [-0.2, -0.15) is 4.37 Å². The zero-order valence-corrected chi connectivity index (χ0v) is 12.2. The van der Waals surface area contributed by atoms with Crippen LogP contribution < -0.4 is 5.32 Å². The third-order valence-electron chi connectivity index (χ3n) is 2.45. The first-order valence-electron chi connectivity index (χ1n) is 5.22. The number of aromatic nitrogens is 1. The van der Waals surface area contributed by atoms with E-state index < -0.39 is 5.97 Å². The lowest BCUT2D eigenvalue weighted by Gasteiger charge is -2.08. The summed E-state index contributed by atoms with van der Waals surface area (Å²) in [5, 5.41) is 12.8. The predicted octanol–water partition coefficient (Wildman–Crippen LogP) is 3.96. The molecule has 0 fully saturated rings. The van der Waals surface area contributed by atoms with Gasteiger partial charge in [0.15, 0.2) is 0 Å². The summed E-state index contributed by atoms with van der Waals surface area (Å²) in [6.45, 7) is 3.68. The Labute approximate surface area is 117 Å². The Bertz CT molecular complexity index is 610. The Morgan fingerprint density at radius 3 is 2.78 bits per heavy atom. The monoisotopic (exact) mass is 326 g/mol. The van der Waals surface area contributed by atoms with Crippen LogP contribution in [0.5, 0.6) is 0 Å². The van der Waals surface area contributed by atoms with Crippen LogP contribution in [0.3, 0.4) is 0 Å². The molecule has 2 rings (SSSR count). The van der Waals surface area contributed by atoms with Gasteiger partial charge in [-0.25, -0.2) is 4.79 Å². The van der Waals surface area contributed by atoms with Crippen LogP contribution in [0.25, 0.3) is 0 Å². The Morgan fingerprint density at radius 2 is 2.17 bits per heavy atom. The lowest BCUT2D eigenvalue weighted by Crippen LogP contribution is -2.01. The van der Waals surface area contributed by atoms with Crippen molar-refractivity contribution >= 4 is 44.1 Å². The average molecular weight is 327 g/mol. The summed E-state index contributed by atoms with van der Waals surface area (Å²) in [5.41, 5.74) is 2.71. The summed E-state index contributed by atoms with van der Waals surface area (Å²) in [6, 6.07) is 5.83. The number of carboxylic acid groups (broad SMARTS) is 1. The summed E-state index contributed by atoms with van der Waals surface area (Å²) in [4.78, 5) is 11.1. The van der Waals surface area contributed by atoms with Crippen molar-refractivity contribution < 1.29 is 9.90 Å². The number of anilines is 2. The van der Waals surface area contributed by atoms with Crippen molar-refractivity contribution in [3.63, 3.8) is 0 Å². The van der Waals surface area contributed by atoms with E-state index in [2.05, 4.69) is 25.6 Å². The molecule has 94 valence electrons. The summed E-state index contributed by atoms with van der Waals surface area (Å²) in [6.07, 6.45) is 0. The van der Waals surface area contributed by atoms with Crippen molar-refractivity contribution in [1.82, 2.24) is 4.37 Å². The summed E-state index contributed by atoms with van der Waals surface area (Å²) in [7, 11) is 0. The van der Waals surface area contributed by atoms with E-state index in [1.165, 1.54) is 0 Å². The molecular formula is C12H11BrN2O2S. The number of carboxylic acids is 1. The first kappa shape index (κ1) is 13.0. The predicted molar refractivity (Wildman–Crippen MR) is 76.0 cm³/mol. The van der Waals surface area contributed by atoms with Crippen molar-refractivity contribution in [3.05, 3.63) is 39.5 Å². The number of nitrogens with zero attached hydrogens (tertiary/aromatic N) is 1. The van der Waals surface area contributed by atoms with Crippen LogP contribution in [0.2, 0.25) is 0 Å². The van der Waals surface area contributed by atoms with Gasteiger partial charge in [0, 0.05) is 4.47 Å². The largest absolute Gasteiger partial charge is 0.478 e. The third-order valence-corrected chi connectivity index (χ3v) is 3.96. The van der Waals surface area contributed by atoms with Gasteiger partial charge in [0.05, 0.1) is 11.4 Å². The molecule has 0 aliphatic carbocycles. The fourth-order valence-corrected chi connectivity index (χ4v) is 2.94. The molecule has 0 saturated heterocycles. The van der Waals surface area contributed by atoms with Gasteiger partial charge in [0.1, 0.15) is 10.6 Å². The second-order valence-corrected chi connectivity index (χ2v) is 5.51. The molecule has 18 heavy (non-hydrogen) atoms. The minimum Gasteiger partial charge on any atom is -0.478 e. The molecule has 0 bridgehead atoms. The second-order valence-electron chi connectivity index (χ2n) is 3.89. The maximum atomic E-state index is 11.1. The minimum absolute atomic E-state index is 0.229. The molecule has 0 radical (unpaired) electrons. The Kier molecular flexibility index (Phi) is 3.68. The first-order valence-corrected chi connectivity index (χ1v) is 6.78. The topological polar surface area (TPSA) is 62.2 Å². The van der Waals surface area contributed by atoms with Gasteiger partial charge in [-0.15, -0.1) is 0 Å². The number of hydrogen-bond donors (Lipinski definition) is 2. The molecule has 0 atom stereocenters. The first-order chi connectivity index (χ1) is 8.49. The van der Waals surface area contributed by atoms with E-state index in [4.69, 9.17) is 5.11 Å². The lowest BCUT2D eigenvalue weighted by molar-refractivity contribution is 0.0697. The van der Waals surface area contributed by atoms with Crippen molar-refractivity contribution in [1.29, 1.82) is 0 Å². The molecule has 1 aromatic carbocycles. The summed E-state index contributed by atoms with van der Waals surface area (Å²) >= 11 is 4.60.